The maximum atomic E-state index is 9.59. The molecule has 0 aliphatic heterocycles. The molecule has 52 valence electrons. The van der Waals surface area contributed by atoms with E-state index in [1.54, 1.807) is 13.0 Å². The predicted octanol–water partition coefficient (Wildman–Crippen LogP) is 1.91. The monoisotopic (exact) mass is 149 g/mol. The van der Waals surface area contributed by atoms with Crippen molar-refractivity contribution in [3.63, 3.8) is 0 Å². The van der Waals surface area contributed by atoms with Gasteiger partial charge < -0.3 is 4.74 Å². The minimum Gasteiger partial charge on any atom is -0.454 e. The first-order valence-corrected chi connectivity index (χ1v) is 2.69. The Hall–Kier alpha value is -0.750. The maximum absolute atomic E-state index is 9.59. The fourth-order valence-corrected chi connectivity index (χ4v) is 0.223. The van der Waals surface area contributed by atoms with Crippen molar-refractivity contribution in [1.29, 1.82) is 5.26 Å². The van der Waals surface area contributed by atoms with Crippen molar-refractivity contribution in [2.24, 2.45) is 0 Å². The molecule has 0 radical (unpaired) electrons. The summed E-state index contributed by atoms with van der Waals surface area (Å²) in [6.45, 7) is 3.47. The summed E-state index contributed by atoms with van der Waals surface area (Å²) in [5.41, 5.74) is -0.738. The lowest BCUT2D eigenvalue weighted by Crippen LogP contribution is -1.89. The van der Waals surface area contributed by atoms with Crippen LogP contribution in [0.25, 0.3) is 0 Å². The average molecular weight is 150 g/mol. The second-order valence-corrected chi connectivity index (χ2v) is 1.20. The van der Waals surface area contributed by atoms with Crippen LogP contribution in [0.5, 0.6) is 0 Å². The Bertz CT molecular complexity index is 108. The van der Waals surface area contributed by atoms with Gasteiger partial charge in [0.2, 0.25) is 0 Å². The lowest BCUT2D eigenvalue weighted by molar-refractivity contribution is 0.180. The molecule has 0 aliphatic carbocycles. The first-order chi connectivity index (χ1) is 4.18. The van der Waals surface area contributed by atoms with Crippen molar-refractivity contribution in [2.45, 2.75) is 13.8 Å². The fraction of sp³-hybridized carbons (Fsp3) is 0.600. The van der Waals surface area contributed by atoms with E-state index in [0.29, 0.717) is 6.61 Å². The van der Waals surface area contributed by atoms with Gasteiger partial charge in [-0.15, -0.1) is 0 Å². The molecule has 0 aromatic carbocycles. The number of hydrogen-bond acceptors (Lipinski definition) is 3. The lowest BCUT2D eigenvalue weighted by Gasteiger charge is -1.86. The third kappa shape index (κ3) is 39.5. The van der Waals surface area contributed by atoms with Gasteiger partial charge in [0.05, 0.1) is 12.7 Å². The molecule has 0 N–H and O–H groups in total. The van der Waals surface area contributed by atoms with Crippen molar-refractivity contribution in [2.75, 3.05) is 6.61 Å². The van der Waals surface area contributed by atoms with Gasteiger partial charge in [-0.05, 0) is 6.92 Å². The van der Waals surface area contributed by atoms with Crippen LogP contribution >= 0.6 is 11.6 Å². The minimum absolute atomic E-state index is 0.350. The molecular weight excluding hydrogens is 142 g/mol. The summed E-state index contributed by atoms with van der Waals surface area (Å²) in [6.07, 6.45) is 0. The molecule has 4 heteroatoms. The van der Waals surface area contributed by atoms with Gasteiger partial charge in [0.15, 0.2) is 0 Å². The van der Waals surface area contributed by atoms with Gasteiger partial charge in [0.25, 0.3) is 0 Å². The van der Waals surface area contributed by atoms with Crippen LogP contribution in [0.15, 0.2) is 0 Å². The summed E-state index contributed by atoms with van der Waals surface area (Å²) >= 11 is 4.72. The van der Waals surface area contributed by atoms with Crippen molar-refractivity contribution in [3.05, 3.63) is 0 Å². The Morgan fingerprint density at radius 2 is 2.22 bits per heavy atom. The molecule has 0 aromatic rings. The smallest absolute Gasteiger partial charge is 0.403 e. The third-order valence-electron chi connectivity index (χ3n) is 0.258. The van der Waals surface area contributed by atoms with E-state index in [2.05, 4.69) is 4.74 Å². The zero-order valence-electron chi connectivity index (χ0n) is 5.35. The average Bonchev–Trinajstić information content (AvgIpc) is 1.67. The zero-order valence-corrected chi connectivity index (χ0v) is 6.10. The fourth-order valence-electron chi connectivity index (χ4n) is 0.113. The molecule has 0 spiro atoms. The lowest BCUT2D eigenvalue weighted by atomic mass is 10.9. The van der Waals surface area contributed by atoms with Crippen molar-refractivity contribution < 1.29 is 9.53 Å². The van der Waals surface area contributed by atoms with Gasteiger partial charge in [0, 0.05) is 18.5 Å². The van der Waals surface area contributed by atoms with Crippen LogP contribution in [-0.2, 0) is 4.74 Å². The van der Waals surface area contributed by atoms with Gasteiger partial charge in [-0.25, -0.2) is 4.79 Å². The number of nitrogens with zero attached hydrogens (tertiary/aromatic N) is 1. The second kappa shape index (κ2) is 10.3. The van der Waals surface area contributed by atoms with Crippen LogP contribution in [0.4, 0.5) is 4.79 Å². The standard InChI is InChI=1S/C3H5ClO2.C2H3N/c1-2-6-3(4)5;1-2-3/h2H2,1H3;1H3. The van der Waals surface area contributed by atoms with Crippen LogP contribution in [0, 0.1) is 11.3 Å². The summed E-state index contributed by atoms with van der Waals surface area (Å²) in [5, 5.41) is 7.32. The Kier molecular flexibility index (Phi) is 12.7. The van der Waals surface area contributed by atoms with E-state index >= 15 is 0 Å². The molecule has 3 nitrogen and oxygen atoms in total. The molecule has 0 heterocycles. The second-order valence-electron chi connectivity index (χ2n) is 0.894. The Morgan fingerprint density at radius 3 is 2.22 bits per heavy atom. The number of ether oxygens (including phenoxy) is 1. The Labute approximate surface area is 59.2 Å². The highest BCUT2D eigenvalue weighted by Gasteiger charge is 1.85. The molecule has 0 rings (SSSR count). The number of carbonyl (C=O) groups is 1. The molecule has 0 fully saturated rings. The van der Waals surface area contributed by atoms with Gasteiger partial charge in [0.1, 0.15) is 0 Å². The SMILES string of the molecule is CC#N.CCOC(=O)Cl. The van der Waals surface area contributed by atoms with Gasteiger partial charge in [-0.3, -0.25) is 0 Å². The van der Waals surface area contributed by atoms with Gasteiger partial charge in [-0.1, -0.05) is 0 Å². The highest BCUT2D eigenvalue weighted by molar-refractivity contribution is 6.61. The molecule has 0 atom stereocenters. The number of nitriles is 1. The quantitative estimate of drug-likeness (QED) is 0.535. The number of halogens is 1. The molecular formula is C5H8ClNO2. The summed E-state index contributed by atoms with van der Waals surface area (Å²) in [6, 6.07) is 1.75. The van der Waals surface area contributed by atoms with E-state index in [4.69, 9.17) is 16.9 Å². The number of rotatable bonds is 1. The van der Waals surface area contributed by atoms with E-state index in [9.17, 15) is 4.79 Å². The van der Waals surface area contributed by atoms with Crippen LogP contribution in [0.2, 0.25) is 0 Å². The van der Waals surface area contributed by atoms with Gasteiger partial charge in [-0.2, -0.15) is 5.26 Å². The summed E-state index contributed by atoms with van der Waals surface area (Å²) in [7, 11) is 0. The largest absolute Gasteiger partial charge is 0.454 e. The summed E-state index contributed by atoms with van der Waals surface area (Å²) < 4.78 is 4.17. The molecule has 0 amide bonds. The topological polar surface area (TPSA) is 50.1 Å². The Morgan fingerprint density at radius 1 is 1.89 bits per heavy atom. The summed E-state index contributed by atoms with van der Waals surface area (Å²) in [5.74, 6) is 0. The van der Waals surface area contributed by atoms with E-state index in [1.165, 1.54) is 6.92 Å². The molecule has 0 aliphatic rings. The first kappa shape index (κ1) is 11.1. The summed E-state index contributed by atoms with van der Waals surface area (Å²) in [4.78, 5) is 9.59. The van der Waals surface area contributed by atoms with Crippen LogP contribution in [0.1, 0.15) is 13.8 Å². The van der Waals surface area contributed by atoms with E-state index in [0.717, 1.165) is 0 Å². The molecule has 0 saturated heterocycles. The molecule has 0 bridgehead atoms. The first-order valence-electron chi connectivity index (χ1n) is 2.32. The predicted molar refractivity (Wildman–Crippen MR) is 34.2 cm³/mol. The number of hydrogen-bond donors (Lipinski definition) is 0. The van der Waals surface area contributed by atoms with Crippen LogP contribution < -0.4 is 0 Å². The van der Waals surface area contributed by atoms with Crippen molar-refractivity contribution in [1.82, 2.24) is 0 Å². The normalized spacial score (nSPS) is 6.00. The highest BCUT2D eigenvalue weighted by atomic mass is 35.5. The molecule has 0 unspecified atom stereocenters. The highest BCUT2D eigenvalue weighted by Crippen LogP contribution is 1.82. The van der Waals surface area contributed by atoms with Crippen molar-refractivity contribution >= 4 is 17.0 Å². The Balaban J connectivity index is 0. The van der Waals surface area contributed by atoms with Gasteiger partial charge >= 0.3 is 5.43 Å². The minimum atomic E-state index is -0.738. The van der Waals surface area contributed by atoms with E-state index < -0.39 is 5.43 Å². The van der Waals surface area contributed by atoms with E-state index in [1.807, 2.05) is 0 Å². The van der Waals surface area contributed by atoms with E-state index in [-0.39, 0.29) is 0 Å². The third-order valence-corrected chi connectivity index (χ3v) is 0.367. The maximum Gasteiger partial charge on any atom is 0.403 e. The zero-order chi connectivity index (χ0) is 7.70. The van der Waals surface area contributed by atoms with Crippen LogP contribution in [-0.4, -0.2) is 12.0 Å². The molecule has 9 heavy (non-hydrogen) atoms. The number of carbonyl (C=O) groups excluding carboxylic acids is 1. The van der Waals surface area contributed by atoms with Crippen molar-refractivity contribution in [3.8, 4) is 6.07 Å². The molecule has 0 saturated carbocycles. The molecule has 0 aromatic heterocycles. The van der Waals surface area contributed by atoms with Crippen LogP contribution in [0.3, 0.4) is 0 Å².